The smallest absolute Gasteiger partial charge is 0.220 e. The van der Waals surface area contributed by atoms with Crippen LogP contribution in [-0.4, -0.2) is 54.3 Å². The molecule has 2 bridgehead atoms. The zero-order valence-electron chi connectivity index (χ0n) is 18.9. The molecule has 172 valence electrons. The molecule has 0 radical (unpaired) electrons. The third-order valence-electron chi connectivity index (χ3n) is 7.10. The van der Waals surface area contributed by atoms with Gasteiger partial charge in [-0.25, -0.2) is 0 Å². The van der Waals surface area contributed by atoms with Crippen LogP contribution >= 0.6 is 0 Å². The number of hydrogen-bond donors (Lipinski definition) is 2. The van der Waals surface area contributed by atoms with Crippen molar-refractivity contribution >= 4 is 5.91 Å². The Morgan fingerprint density at radius 1 is 1.16 bits per heavy atom. The summed E-state index contributed by atoms with van der Waals surface area (Å²) in [5, 5.41) is 14.4. The average molecular weight is 431 g/mol. The Kier molecular flexibility index (Phi) is 7.72. The first-order chi connectivity index (χ1) is 15.1. The summed E-state index contributed by atoms with van der Waals surface area (Å²) < 4.78 is 11.3. The molecule has 3 aliphatic rings. The molecular weight excluding hydrogens is 392 g/mol. The molecule has 2 aliphatic heterocycles. The van der Waals surface area contributed by atoms with Gasteiger partial charge in [-0.15, -0.1) is 0 Å². The van der Waals surface area contributed by atoms with Crippen LogP contribution in [-0.2, 0) is 4.79 Å². The largest absolute Gasteiger partial charge is 0.486 e. The quantitative estimate of drug-likeness (QED) is 0.522. The van der Waals surface area contributed by atoms with Crippen LogP contribution in [0.15, 0.2) is 18.2 Å². The molecule has 1 amide bonds. The van der Waals surface area contributed by atoms with E-state index < -0.39 is 6.10 Å². The number of aliphatic hydroxyl groups excluding tert-OH is 1. The molecule has 2 N–H and O–H groups in total. The van der Waals surface area contributed by atoms with Crippen molar-refractivity contribution < 1.29 is 19.4 Å². The predicted molar refractivity (Wildman–Crippen MR) is 120 cm³/mol. The molecule has 0 spiro atoms. The summed E-state index contributed by atoms with van der Waals surface area (Å²) in [5.74, 6) is 2.21. The monoisotopic (exact) mass is 430 g/mol. The summed E-state index contributed by atoms with van der Waals surface area (Å²) in [6.07, 6.45) is 9.18. The summed E-state index contributed by atoms with van der Waals surface area (Å²) in [7, 11) is 0. The molecule has 1 aromatic carbocycles. The van der Waals surface area contributed by atoms with Gasteiger partial charge in [0.1, 0.15) is 19.3 Å². The second-order valence-corrected chi connectivity index (χ2v) is 9.47. The van der Waals surface area contributed by atoms with E-state index in [1.54, 1.807) is 0 Å². The zero-order chi connectivity index (χ0) is 21.6. The van der Waals surface area contributed by atoms with Crippen molar-refractivity contribution in [2.45, 2.75) is 82.9 Å². The van der Waals surface area contributed by atoms with Crippen LogP contribution in [0.1, 0.15) is 76.4 Å². The van der Waals surface area contributed by atoms with Crippen LogP contribution in [0.3, 0.4) is 0 Å². The van der Waals surface area contributed by atoms with Crippen molar-refractivity contribution in [1.82, 2.24) is 10.2 Å². The molecule has 1 saturated heterocycles. The van der Waals surface area contributed by atoms with Crippen LogP contribution in [0.2, 0.25) is 0 Å². The van der Waals surface area contributed by atoms with Gasteiger partial charge >= 0.3 is 0 Å². The Hall–Kier alpha value is -1.79. The number of aliphatic hydroxyl groups is 1. The maximum atomic E-state index is 12.7. The van der Waals surface area contributed by atoms with Gasteiger partial charge in [0.15, 0.2) is 11.5 Å². The molecular formula is C25H38N2O4. The maximum absolute atomic E-state index is 12.7. The van der Waals surface area contributed by atoms with E-state index in [2.05, 4.69) is 17.1 Å². The van der Waals surface area contributed by atoms with Crippen LogP contribution in [0, 0.1) is 5.92 Å². The number of nitrogens with zero attached hydrogens (tertiary/aromatic N) is 1. The van der Waals surface area contributed by atoms with Crippen molar-refractivity contribution in [1.29, 1.82) is 0 Å². The van der Waals surface area contributed by atoms with Gasteiger partial charge in [-0.1, -0.05) is 38.7 Å². The van der Waals surface area contributed by atoms with Gasteiger partial charge in [0.2, 0.25) is 5.91 Å². The van der Waals surface area contributed by atoms with Crippen LogP contribution in [0.5, 0.6) is 11.5 Å². The van der Waals surface area contributed by atoms with Gasteiger partial charge in [0, 0.05) is 25.6 Å². The minimum atomic E-state index is -0.779. The number of benzene rings is 1. The van der Waals surface area contributed by atoms with Gasteiger partial charge in [0.25, 0.3) is 0 Å². The van der Waals surface area contributed by atoms with Gasteiger partial charge in [0.05, 0.1) is 6.04 Å². The van der Waals surface area contributed by atoms with E-state index >= 15 is 0 Å². The first kappa shape index (κ1) is 22.4. The van der Waals surface area contributed by atoms with Gasteiger partial charge in [-0.3, -0.25) is 9.69 Å². The number of unbranched alkanes of at least 4 members (excludes halogenated alkanes) is 4. The number of likely N-dealkylation sites (tertiary alicyclic amines) is 1. The fourth-order valence-corrected chi connectivity index (χ4v) is 5.37. The zero-order valence-corrected chi connectivity index (χ0v) is 18.9. The minimum Gasteiger partial charge on any atom is -0.486 e. The summed E-state index contributed by atoms with van der Waals surface area (Å²) in [6.45, 7) is 5.03. The Balaban J connectivity index is 1.40. The first-order valence-corrected chi connectivity index (χ1v) is 12.2. The number of carbonyl (C=O) groups is 1. The van der Waals surface area contributed by atoms with E-state index in [1.165, 1.54) is 38.5 Å². The molecule has 6 nitrogen and oxygen atoms in total. The van der Waals surface area contributed by atoms with E-state index in [0.29, 0.717) is 43.7 Å². The van der Waals surface area contributed by atoms with Crippen molar-refractivity contribution in [3.05, 3.63) is 23.8 Å². The summed E-state index contributed by atoms with van der Waals surface area (Å²) in [6, 6.07) is 5.88. The van der Waals surface area contributed by atoms with E-state index in [9.17, 15) is 9.90 Å². The lowest BCUT2D eigenvalue weighted by molar-refractivity contribution is -0.123. The van der Waals surface area contributed by atoms with Crippen molar-refractivity contribution in [2.75, 3.05) is 26.3 Å². The number of carbonyl (C=O) groups excluding carboxylic acids is 1. The Labute approximate surface area is 186 Å². The fraction of sp³-hybridized carbons (Fsp3) is 0.720. The topological polar surface area (TPSA) is 71.0 Å². The van der Waals surface area contributed by atoms with E-state index in [1.807, 2.05) is 18.2 Å². The highest BCUT2D eigenvalue weighted by molar-refractivity contribution is 5.76. The van der Waals surface area contributed by atoms with Crippen LogP contribution in [0.25, 0.3) is 0 Å². The fourth-order valence-electron chi connectivity index (χ4n) is 5.37. The number of hydrogen-bond acceptors (Lipinski definition) is 5. The van der Waals surface area contributed by atoms with Crippen LogP contribution in [0.4, 0.5) is 0 Å². The molecule has 1 aromatic rings. The normalized spacial score (nSPS) is 24.2. The van der Waals surface area contributed by atoms with Crippen molar-refractivity contribution in [3.63, 3.8) is 0 Å². The molecule has 2 fully saturated rings. The minimum absolute atomic E-state index is 0.0439. The van der Waals surface area contributed by atoms with Gasteiger partial charge in [-0.05, 0) is 49.3 Å². The number of ether oxygens (including phenoxy) is 2. The number of amides is 1. The lowest BCUT2D eigenvalue weighted by Crippen LogP contribution is -2.49. The summed E-state index contributed by atoms with van der Waals surface area (Å²) in [4.78, 5) is 15.2. The number of fused-ring (bicyclic) bond motifs is 3. The van der Waals surface area contributed by atoms with E-state index in [4.69, 9.17) is 9.47 Å². The SMILES string of the molecule is CCCCCCCC(=O)N[C@H](CN1CC2CCC1C2)[C@H](O)c1ccc2c(c1)OCCO2. The lowest BCUT2D eigenvalue weighted by atomic mass is 9.99. The standard InChI is InChI=1S/C25H38N2O4/c1-2-3-4-5-6-7-24(28)26-21(17-27-16-18-8-10-20(27)14-18)25(29)19-9-11-22-23(15-19)31-13-12-30-22/h9,11,15,18,20-21,25,29H,2-8,10,12-14,16-17H2,1H3,(H,26,28)/t18?,20?,21-,25-/m1/s1. The second kappa shape index (κ2) is 10.7. The molecule has 6 heteroatoms. The number of rotatable bonds is 11. The molecule has 2 heterocycles. The third kappa shape index (κ3) is 5.72. The molecule has 4 rings (SSSR count). The van der Waals surface area contributed by atoms with E-state index in [-0.39, 0.29) is 11.9 Å². The number of nitrogens with one attached hydrogen (secondary N) is 1. The molecule has 0 aromatic heterocycles. The molecule has 31 heavy (non-hydrogen) atoms. The highest BCUT2D eigenvalue weighted by Gasteiger charge is 2.39. The molecule has 2 unspecified atom stereocenters. The van der Waals surface area contributed by atoms with E-state index in [0.717, 1.165) is 30.9 Å². The van der Waals surface area contributed by atoms with Crippen LogP contribution < -0.4 is 14.8 Å². The summed E-state index contributed by atoms with van der Waals surface area (Å²) in [5.41, 5.74) is 0.766. The third-order valence-corrected chi connectivity index (χ3v) is 7.10. The average Bonchev–Trinajstić information content (AvgIpc) is 3.41. The van der Waals surface area contributed by atoms with Crippen molar-refractivity contribution in [3.8, 4) is 11.5 Å². The predicted octanol–water partition coefficient (Wildman–Crippen LogP) is 3.82. The Morgan fingerprint density at radius 3 is 2.71 bits per heavy atom. The molecule has 1 saturated carbocycles. The highest BCUT2D eigenvalue weighted by Crippen LogP contribution is 2.38. The van der Waals surface area contributed by atoms with Gasteiger partial charge < -0.3 is 19.9 Å². The molecule has 1 aliphatic carbocycles. The first-order valence-electron chi connectivity index (χ1n) is 12.2. The second-order valence-electron chi connectivity index (χ2n) is 9.47. The summed E-state index contributed by atoms with van der Waals surface area (Å²) >= 11 is 0. The van der Waals surface area contributed by atoms with Crippen molar-refractivity contribution in [2.24, 2.45) is 5.92 Å². The Morgan fingerprint density at radius 2 is 1.97 bits per heavy atom. The number of piperidine rings is 1. The maximum Gasteiger partial charge on any atom is 0.220 e. The van der Waals surface area contributed by atoms with Gasteiger partial charge in [-0.2, -0.15) is 0 Å². The highest BCUT2D eigenvalue weighted by atomic mass is 16.6. The Bertz CT molecular complexity index is 740. The molecule has 4 atom stereocenters. The lowest BCUT2D eigenvalue weighted by Gasteiger charge is -2.33.